The van der Waals surface area contributed by atoms with Gasteiger partial charge in [0.2, 0.25) is 0 Å². The van der Waals surface area contributed by atoms with Crippen LogP contribution in [0.1, 0.15) is 31.2 Å². The van der Waals surface area contributed by atoms with Gasteiger partial charge in [-0.05, 0) is 44.0 Å². The molecule has 0 atom stereocenters. The van der Waals surface area contributed by atoms with E-state index in [4.69, 9.17) is 5.73 Å². The van der Waals surface area contributed by atoms with E-state index < -0.39 is 0 Å². The van der Waals surface area contributed by atoms with Gasteiger partial charge in [0.1, 0.15) is 0 Å². The molecule has 0 aliphatic heterocycles. The third kappa shape index (κ3) is 2.96. The first-order valence-electron chi connectivity index (χ1n) is 6.18. The summed E-state index contributed by atoms with van der Waals surface area (Å²) in [7, 11) is 0. The number of carbonyl (C=O) groups excluding carboxylic acids is 1. The van der Waals surface area contributed by atoms with Gasteiger partial charge in [-0.25, -0.2) is 0 Å². The first-order valence-corrected chi connectivity index (χ1v) is 7.00. The quantitative estimate of drug-likeness (QED) is 0.845. The normalized spacial score (nSPS) is 10.5. The molecular formula is C15H18N2OS. The van der Waals surface area contributed by atoms with Crippen LogP contribution in [0.4, 0.5) is 5.69 Å². The van der Waals surface area contributed by atoms with Crippen LogP contribution >= 0.6 is 11.3 Å². The molecule has 0 aliphatic carbocycles. The first-order chi connectivity index (χ1) is 8.99. The van der Waals surface area contributed by atoms with E-state index in [2.05, 4.69) is 25.2 Å². The lowest BCUT2D eigenvalue weighted by atomic mass is 10.1. The molecule has 0 aliphatic rings. The van der Waals surface area contributed by atoms with Gasteiger partial charge in [-0.1, -0.05) is 12.1 Å². The van der Waals surface area contributed by atoms with Crippen LogP contribution in [0.15, 0.2) is 24.3 Å². The highest BCUT2D eigenvalue weighted by Gasteiger charge is 2.12. The Morgan fingerprint density at radius 1 is 1.26 bits per heavy atom. The largest absolute Gasteiger partial charge is 0.398 e. The lowest BCUT2D eigenvalue weighted by molar-refractivity contribution is 0.0951. The topological polar surface area (TPSA) is 55.1 Å². The summed E-state index contributed by atoms with van der Waals surface area (Å²) in [5, 5.41) is 2.93. The van der Waals surface area contributed by atoms with Crippen molar-refractivity contribution in [1.29, 1.82) is 0 Å². The Morgan fingerprint density at radius 3 is 2.58 bits per heavy atom. The number of rotatable bonds is 3. The standard InChI is InChI=1S/C15H18N2OS/c1-9-5-4-6-13(16)14(9)15(18)17-8-12-7-10(2)11(3)19-12/h4-7H,8,16H2,1-3H3,(H,17,18). The third-order valence-electron chi connectivity index (χ3n) is 3.17. The minimum Gasteiger partial charge on any atom is -0.398 e. The van der Waals surface area contributed by atoms with Crippen molar-refractivity contribution >= 4 is 22.9 Å². The third-order valence-corrected chi connectivity index (χ3v) is 4.32. The van der Waals surface area contributed by atoms with Crippen molar-refractivity contribution in [3.63, 3.8) is 0 Å². The van der Waals surface area contributed by atoms with E-state index in [0.29, 0.717) is 17.8 Å². The summed E-state index contributed by atoms with van der Waals surface area (Å²) >= 11 is 1.71. The predicted molar refractivity (Wildman–Crippen MR) is 80.6 cm³/mol. The number of anilines is 1. The highest BCUT2D eigenvalue weighted by Crippen LogP contribution is 2.21. The molecule has 1 aromatic heterocycles. The Balaban J connectivity index is 2.09. The number of benzene rings is 1. The summed E-state index contributed by atoms with van der Waals surface area (Å²) in [5.74, 6) is -0.112. The van der Waals surface area contributed by atoms with Crippen LogP contribution in [-0.2, 0) is 6.54 Å². The highest BCUT2D eigenvalue weighted by atomic mass is 32.1. The van der Waals surface area contributed by atoms with Crippen LogP contribution in [0.25, 0.3) is 0 Å². The van der Waals surface area contributed by atoms with E-state index in [1.54, 1.807) is 17.4 Å². The van der Waals surface area contributed by atoms with Gasteiger partial charge in [-0.2, -0.15) is 0 Å². The zero-order chi connectivity index (χ0) is 14.0. The fraction of sp³-hybridized carbons (Fsp3) is 0.267. The number of nitrogens with one attached hydrogen (secondary N) is 1. The average molecular weight is 274 g/mol. The second-order valence-corrected chi connectivity index (χ2v) is 6.01. The lowest BCUT2D eigenvalue weighted by Gasteiger charge is -2.09. The van der Waals surface area contributed by atoms with E-state index >= 15 is 0 Å². The van der Waals surface area contributed by atoms with Crippen LogP contribution in [0, 0.1) is 20.8 Å². The van der Waals surface area contributed by atoms with Gasteiger partial charge in [0.25, 0.3) is 5.91 Å². The number of carbonyl (C=O) groups is 1. The Kier molecular flexibility index (Phi) is 3.90. The van der Waals surface area contributed by atoms with Crippen LogP contribution in [0.3, 0.4) is 0 Å². The van der Waals surface area contributed by atoms with Crippen molar-refractivity contribution in [3.8, 4) is 0 Å². The number of aryl methyl sites for hydroxylation is 3. The Morgan fingerprint density at radius 2 is 2.00 bits per heavy atom. The van der Waals surface area contributed by atoms with Crippen molar-refractivity contribution in [2.75, 3.05) is 5.73 Å². The Hall–Kier alpha value is -1.81. The maximum Gasteiger partial charge on any atom is 0.253 e. The molecule has 0 unspecified atom stereocenters. The molecule has 0 saturated heterocycles. The van der Waals surface area contributed by atoms with E-state index in [0.717, 1.165) is 10.4 Å². The summed E-state index contributed by atoms with van der Waals surface area (Å²) < 4.78 is 0. The van der Waals surface area contributed by atoms with Gasteiger partial charge in [0.05, 0.1) is 12.1 Å². The van der Waals surface area contributed by atoms with Gasteiger partial charge >= 0.3 is 0 Å². The summed E-state index contributed by atoms with van der Waals surface area (Å²) in [5.41, 5.74) is 9.13. The molecule has 19 heavy (non-hydrogen) atoms. The molecule has 3 N–H and O–H groups in total. The molecule has 1 amide bonds. The number of nitrogens with two attached hydrogens (primary N) is 1. The number of hydrogen-bond acceptors (Lipinski definition) is 3. The van der Waals surface area contributed by atoms with Crippen molar-refractivity contribution in [2.45, 2.75) is 27.3 Å². The molecular weight excluding hydrogens is 256 g/mol. The van der Waals surface area contributed by atoms with Crippen molar-refractivity contribution in [3.05, 3.63) is 50.7 Å². The molecule has 0 bridgehead atoms. The van der Waals surface area contributed by atoms with E-state index in [-0.39, 0.29) is 5.91 Å². The lowest BCUT2D eigenvalue weighted by Crippen LogP contribution is -2.24. The SMILES string of the molecule is Cc1cc(CNC(=O)c2c(C)cccc2N)sc1C. The number of hydrogen-bond donors (Lipinski definition) is 2. The van der Waals surface area contributed by atoms with Gasteiger partial charge in [0, 0.05) is 15.4 Å². The molecule has 0 radical (unpaired) electrons. The number of nitrogen functional groups attached to an aromatic ring is 1. The fourth-order valence-electron chi connectivity index (χ4n) is 1.99. The van der Waals surface area contributed by atoms with Gasteiger partial charge in [0.15, 0.2) is 0 Å². The van der Waals surface area contributed by atoms with E-state index in [1.807, 2.05) is 19.1 Å². The van der Waals surface area contributed by atoms with Crippen LogP contribution in [0.5, 0.6) is 0 Å². The second-order valence-electron chi connectivity index (χ2n) is 4.67. The predicted octanol–water partition coefficient (Wildman–Crippen LogP) is 3.19. The van der Waals surface area contributed by atoms with Crippen LogP contribution in [0.2, 0.25) is 0 Å². The Bertz CT molecular complexity index is 577. The number of thiophene rings is 1. The molecule has 0 fully saturated rings. The molecule has 100 valence electrons. The van der Waals surface area contributed by atoms with Crippen LogP contribution in [-0.4, -0.2) is 5.91 Å². The first kappa shape index (κ1) is 13.6. The van der Waals surface area contributed by atoms with Crippen molar-refractivity contribution in [2.24, 2.45) is 0 Å². The zero-order valence-corrected chi connectivity index (χ0v) is 12.2. The summed E-state index contributed by atoms with van der Waals surface area (Å²) in [4.78, 5) is 14.6. The fourth-order valence-corrected chi connectivity index (χ4v) is 2.99. The molecule has 2 rings (SSSR count). The molecule has 2 aromatic rings. The maximum atomic E-state index is 12.2. The highest BCUT2D eigenvalue weighted by molar-refractivity contribution is 7.12. The smallest absolute Gasteiger partial charge is 0.253 e. The van der Waals surface area contributed by atoms with Gasteiger partial charge < -0.3 is 11.1 Å². The zero-order valence-electron chi connectivity index (χ0n) is 11.4. The van der Waals surface area contributed by atoms with Gasteiger partial charge in [-0.15, -0.1) is 11.3 Å². The minimum atomic E-state index is -0.112. The molecule has 4 heteroatoms. The van der Waals surface area contributed by atoms with Crippen molar-refractivity contribution < 1.29 is 4.79 Å². The molecule has 0 spiro atoms. The maximum absolute atomic E-state index is 12.2. The monoisotopic (exact) mass is 274 g/mol. The van der Waals surface area contributed by atoms with E-state index in [1.165, 1.54) is 10.4 Å². The Labute approximate surface area is 117 Å². The van der Waals surface area contributed by atoms with Crippen molar-refractivity contribution in [1.82, 2.24) is 5.32 Å². The summed E-state index contributed by atoms with van der Waals surface area (Å²) in [6, 6.07) is 7.61. The summed E-state index contributed by atoms with van der Waals surface area (Å²) in [6.07, 6.45) is 0. The average Bonchev–Trinajstić information content (AvgIpc) is 2.66. The van der Waals surface area contributed by atoms with Gasteiger partial charge in [-0.3, -0.25) is 4.79 Å². The van der Waals surface area contributed by atoms with E-state index in [9.17, 15) is 4.79 Å². The molecule has 3 nitrogen and oxygen atoms in total. The number of amides is 1. The van der Waals surface area contributed by atoms with Crippen LogP contribution < -0.4 is 11.1 Å². The molecule has 0 saturated carbocycles. The minimum absolute atomic E-state index is 0.112. The summed E-state index contributed by atoms with van der Waals surface area (Å²) in [6.45, 7) is 6.61. The molecule has 1 heterocycles. The molecule has 1 aromatic carbocycles. The second kappa shape index (κ2) is 5.45.